The smallest absolute Gasteiger partial charge is 0.331 e. The molecule has 0 aromatic rings. The standard InChI is InChI=1S/C12H20O8.CH4O/c13-3-5-17-7-9-19-11(15)1-2-12(16)20-10-8-18-6-4-14;1-2/h1-2,13-14H,3-10H2;2H,1H3/b2-1-;. The summed E-state index contributed by atoms with van der Waals surface area (Å²) in [4.78, 5) is 22.2. The monoisotopic (exact) mass is 324 g/mol. The van der Waals surface area contributed by atoms with E-state index in [1.807, 2.05) is 0 Å². The van der Waals surface area contributed by atoms with Crippen LogP contribution in [0.25, 0.3) is 0 Å². The number of hydrogen-bond acceptors (Lipinski definition) is 9. The number of aliphatic hydroxyl groups is 3. The molecule has 0 radical (unpaired) electrons. The lowest BCUT2D eigenvalue weighted by Crippen LogP contribution is -2.12. The number of esters is 2. The van der Waals surface area contributed by atoms with Crippen LogP contribution in [0, 0.1) is 0 Å². The van der Waals surface area contributed by atoms with Crippen LogP contribution < -0.4 is 0 Å². The molecule has 0 saturated heterocycles. The van der Waals surface area contributed by atoms with Gasteiger partial charge in [0.15, 0.2) is 0 Å². The predicted octanol–water partition coefficient (Wildman–Crippen LogP) is -1.74. The Balaban J connectivity index is 0. The molecule has 0 spiro atoms. The summed E-state index contributed by atoms with van der Waals surface area (Å²) in [7, 11) is 1.00. The van der Waals surface area contributed by atoms with Crippen LogP contribution in [0.1, 0.15) is 0 Å². The van der Waals surface area contributed by atoms with Gasteiger partial charge in [0.05, 0.1) is 39.6 Å². The van der Waals surface area contributed by atoms with Gasteiger partial charge in [0.1, 0.15) is 13.2 Å². The summed E-state index contributed by atoms with van der Waals surface area (Å²) in [5.41, 5.74) is 0. The van der Waals surface area contributed by atoms with Crippen LogP contribution in [0.5, 0.6) is 0 Å². The van der Waals surface area contributed by atoms with Crippen molar-refractivity contribution in [3.05, 3.63) is 12.2 Å². The molecule has 0 aromatic heterocycles. The van der Waals surface area contributed by atoms with Crippen molar-refractivity contribution in [2.75, 3.05) is 60.0 Å². The van der Waals surface area contributed by atoms with Gasteiger partial charge < -0.3 is 34.3 Å². The average molecular weight is 324 g/mol. The Kier molecular flexibility index (Phi) is 20.1. The zero-order valence-electron chi connectivity index (χ0n) is 12.6. The third-order valence-electron chi connectivity index (χ3n) is 1.77. The Morgan fingerprint density at radius 2 is 1.09 bits per heavy atom. The van der Waals surface area contributed by atoms with Gasteiger partial charge in [-0.05, 0) is 0 Å². The number of aliphatic hydroxyl groups excluding tert-OH is 3. The highest BCUT2D eigenvalue weighted by atomic mass is 16.6. The van der Waals surface area contributed by atoms with E-state index >= 15 is 0 Å². The first-order chi connectivity index (χ1) is 10.7. The molecule has 0 aliphatic heterocycles. The van der Waals surface area contributed by atoms with Gasteiger partial charge in [0.25, 0.3) is 0 Å². The fourth-order valence-corrected chi connectivity index (χ4v) is 0.968. The molecule has 0 aliphatic rings. The predicted molar refractivity (Wildman–Crippen MR) is 75.0 cm³/mol. The summed E-state index contributed by atoms with van der Waals surface area (Å²) >= 11 is 0. The number of rotatable bonds is 12. The maximum atomic E-state index is 11.1. The molecule has 0 rings (SSSR count). The molecule has 0 fully saturated rings. The summed E-state index contributed by atoms with van der Waals surface area (Å²) in [5, 5.41) is 23.8. The van der Waals surface area contributed by atoms with Gasteiger partial charge in [0.2, 0.25) is 0 Å². The van der Waals surface area contributed by atoms with Gasteiger partial charge in [-0.3, -0.25) is 0 Å². The van der Waals surface area contributed by atoms with Crippen LogP contribution in [0.4, 0.5) is 0 Å². The lowest BCUT2D eigenvalue weighted by Gasteiger charge is -2.03. The Hall–Kier alpha value is -1.52. The van der Waals surface area contributed by atoms with Gasteiger partial charge in [0, 0.05) is 19.3 Å². The molecule has 22 heavy (non-hydrogen) atoms. The van der Waals surface area contributed by atoms with E-state index in [-0.39, 0.29) is 52.9 Å². The third kappa shape index (κ3) is 18.5. The van der Waals surface area contributed by atoms with Crippen LogP contribution in [0.2, 0.25) is 0 Å². The molecule has 0 atom stereocenters. The molecule has 9 heteroatoms. The Bertz CT molecular complexity index is 263. The normalized spacial score (nSPS) is 10.0. The van der Waals surface area contributed by atoms with Gasteiger partial charge in [-0.15, -0.1) is 0 Å². The van der Waals surface area contributed by atoms with Crippen molar-refractivity contribution >= 4 is 11.9 Å². The molecule has 0 amide bonds. The van der Waals surface area contributed by atoms with Gasteiger partial charge in [-0.25, -0.2) is 9.59 Å². The number of hydrogen-bond donors (Lipinski definition) is 3. The maximum Gasteiger partial charge on any atom is 0.331 e. The molecule has 0 unspecified atom stereocenters. The van der Waals surface area contributed by atoms with Crippen LogP contribution in [0.3, 0.4) is 0 Å². The first-order valence-corrected chi connectivity index (χ1v) is 6.54. The molecule has 3 N–H and O–H groups in total. The van der Waals surface area contributed by atoms with E-state index in [1.165, 1.54) is 0 Å². The van der Waals surface area contributed by atoms with Crippen molar-refractivity contribution in [1.29, 1.82) is 0 Å². The van der Waals surface area contributed by atoms with Gasteiger partial charge >= 0.3 is 11.9 Å². The molecular weight excluding hydrogens is 300 g/mol. The molecular formula is C13H24O9. The summed E-state index contributed by atoms with van der Waals surface area (Å²) in [6, 6.07) is 0. The first kappa shape index (κ1) is 22.8. The van der Waals surface area contributed by atoms with E-state index < -0.39 is 11.9 Å². The van der Waals surface area contributed by atoms with E-state index in [2.05, 4.69) is 0 Å². The van der Waals surface area contributed by atoms with E-state index in [1.54, 1.807) is 0 Å². The van der Waals surface area contributed by atoms with Crippen molar-refractivity contribution < 1.29 is 43.9 Å². The van der Waals surface area contributed by atoms with Crippen LogP contribution >= 0.6 is 0 Å². The largest absolute Gasteiger partial charge is 0.460 e. The van der Waals surface area contributed by atoms with E-state index in [4.69, 9.17) is 34.3 Å². The number of carbonyl (C=O) groups excluding carboxylic acids is 2. The van der Waals surface area contributed by atoms with Crippen molar-refractivity contribution in [1.82, 2.24) is 0 Å². The van der Waals surface area contributed by atoms with Crippen LogP contribution in [-0.4, -0.2) is 87.2 Å². The minimum atomic E-state index is -0.689. The molecule has 0 aromatic carbocycles. The van der Waals surface area contributed by atoms with Crippen molar-refractivity contribution in [3.8, 4) is 0 Å². The SMILES string of the molecule is CO.O=C(/C=C\C(=O)OCCOCCO)OCCOCCO. The highest BCUT2D eigenvalue weighted by Crippen LogP contribution is 1.87. The summed E-state index contributed by atoms with van der Waals surface area (Å²) in [6.45, 7) is 0.583. The summed E-state index contributed by atoms with van der Waals surface area (Å²) in [5.74, 6) is -1.38. The van der Waals surface area contributed by atoms with Gasteiger partial charge in [-0.2, -0.15) is 0 Å². The highest BCUT2D eigenvalue weighted by molar-refractivity contribution is 5.91. The van der Waals surface area contributed by atoms with Crippen molar-refractivity contribution in [2.24, 2.45) is 0 Å². The topological polar surface area (TPSA) is 132 Å². The summed E-state index contributed by atoms with van der Waals surface area (Å²) in [6.07, 6.45) is 1.89. The van der Waals surface area contributed by atoms with Crippen molar-refractivity contribution in [2.45, 2.75) is 0 Å². The minimum absolute atomic E-state index is 0.0349. The van der Waals surface area contributed by atoms with Crippen LogP contribution in [0.15, 0.2) is 12.2 Å². The Labute approximate surface area is 129 Å². The van der Waals surface area contributed by atoms with E-state index in [9.17, 15) is 9.59 Å². The average Bonchev–Trinajstić information content (AvgIpc) is 2.54. The molecule has 130 valence electrons. The van der Waals surface area contributed by atoms with E-state index in [0.29, 0.717) is 0 Å². The Morgan fingerprint density at radius 1 is 0.727 bits per heavy atom. The third-order valence-corrected chi connectivity index (χ3v) is 1.77. The Morgan fingerprint density at radius 3 is 1.41 bits per heavy atom. The first-order valence-electron chi connectivity index (χ1n) is 6.54. The molecule has 0 saturated carbocycles. The zero-order valence-corrected chi connectivity index (χ0v) is 12.6. The van der Waals surface area contributed by atoms with E-state index in [0.717, 1.165) is 19.3 Å². The molecule has 9 nitrogen and oxygen atoms in total. The number of carbonyl (C=O) groups is 2. The van der Waals surface area contributed by atoms with Crippen LogP contribution in [-0.2, 0) is 28.5 Å². The molecule has 0 bridgehead atoms. The molecule has 0 aliphatic carbocycles. The maximum absolute atomic E-state index is 11.1. The zero-order chi connectivity index (χ0) is 17.1. The second-order valence-corrected chi connectivity index (χ2v) is 3.34. The second-order valence-electron chi connectivity index (χ2n) is 3.34. The highest BCUT2D eigenvalue weighted by Gasteiger charge is 2.01. The quantitative estimate of drug-likeness (QED) is 0.217. The fraction of sp³-hybridized carbons (Fsp3) is 0.692. The lowest BCUT2D eigenvalue weighted by atomic mass is 10.5. The summed E-state index contributed by atoms with van der Waals surface area (Å²) < 4.78 is 19.1. The number of ether oxygens (including phenoxy) is 4. The van der Waals surface area contributed by atoms with Crippen molar-refractivity contribution in [3.63, 3.8) is 0 Å². The second kappa shape index (κ2) is 19.5. The van der Waals surface area contributed by atoms with Gasteiger partial charge in [-0.1, -0.05) is 0 Å². The fourth-order valence-electron chi connectivity index (χ4n) is 0.968. The molecule has 0 heterocycles. The lowest BCUT2D eigenvalue weighted by molar-refractivity contribution is -0.142. The minimum Gasteiger partial charge on any atom is -0.460 e.